The maximum Gasteiger partial charge on any atom is 0.353 e. The summed E-state index contributed by atoms with van der Waals surface area (Å²) in [5.74, 6) is -2.36. The number of amides is 1. The van der Waals surface area contributed by atoms with E-state index in [9.17, 15) is 19.7 Å². The van der Waals surface area contributed by atoms with E-state index in [-0.39, 0.29) is 18.7 Å². The van der Waals surface area contributed by atoms with Gasteiger partial charge in [-0.3, -0.25) is 20.3 Å². The predicted molar refractivity (Wildman–Crippen MR) is 121 cm³/mol. The Morgan fingerprint density at radius 3 is 2.50 bits per heavy atom. The lowest BCUT2D eigenvalue weighted by molar-refractivity contribution is -0.384. The van der Waals surface area contributed by atoms with Crippen LogP contribution in [0, 0.1) is 21.4 Å². The molecule has 0 radical (unpaired) electrons. The number of hydrogen-bond acceptors (Lipinski definition) is 8. The number of esters is 1. The molecule has 10 heteroatoms. The monoisotopic (exact) mass is 452 g/mol. The highest BCUT2D eigenvalue weighted by atomic mass is 32.1. The van der Waals surface area contributed by atoms with Crippen molar-refractivity contribution in [3.05, 3.63) is 75.7 Å². The van der Waals surface area contributed by atoms with Gasteiger partial charge in [0.05, 0.1) is 16.5 Å². The van der Waals surface area contributed by atoms with Crippen LogP contribution in [0.2, 0.25) is 0 Å². The maximum absolute atomic E-state index is 12.7. The van der Waals surface area contributed by atoms with Crippen molar-refractivity contribution in [1.82, 2.24) is 4.98 Å². The number of carbonyl (C=O) groups excluding carboxylic acids is 2. The minimum atomic E-state index is -0.981. The largest absolute Gasteiger partial charge is 0.456 e. The van der Waals surface area contributed by atoms with Gasteiger partial charge in [-0.2, -0.15) is 0 Å². The maximum atomic E-state index is 12.7. The lowest BCUT2D eigenvalue weighted by Gasteiger charge is -2.14. The van der Waals surface area contributed by atoms with Gasteiger partial charge in [0.1, 0.15) is 12.3 Å². The van der Waals surface area contributed by atoms with Crippen molar-refractivity contribution in [3.8, 4) is 11.3 Å². The molecule has 2 N–H and O–H groups in total. The van der Waals surface area contributed by atoms with Gasteiger partial charge < -0.3 is 10.1 Å². The molecular formula is C22H20N4O5S. The number of nitro benzene ring substituents is 1. The van der Waals surface area contributed by atoms with Gasteiger partial charge in [0.2, 0.25) is 5.91 Å². The van der Waals surface area contributed by atoms with Crippen molar-refractivity contribution < 1.29 is 19.2 Å². The number of nitro groups is 1. The first kappa shape index (κ1) is 22.8. The summed E-state index contributed by atoms with van der Waals surface area (Å²) in [6, 6.07) is 15.0. The van der Waals surface area contributed by atoms with Crippen LogP contribution in [-0.2, 0) is 20.9 Å². The summed E-state index contributed by atoms with van der Waals surface area (Å²) >= 11 is 1.18. The number of ether oxygens (including phenoxy) is 1. The lowest BCUT2D eigenvalue weighted by Crippen LogP contribution is -2.34. The molecule has 1 amide bonds. The van der Waals surface area contributed by atoms with Gasteiger partial charge >= 0.3 is 5.97 Å². The molecule has 0 bridgehead atoms. The Kier molecular flexibility index (Phi) is 7.40. The molecule has 1 heterocycles. The average molecular weight is 452 g/mol. The second kappa shape index (κ2) is 10.4. The Morgan fingerprint density at radius 1 is 1.19 bits per heavy atom. The number of nitrogens with zero attached hydrogens (tertiary/aromatic N) is 2. The highest BCUT2D eigenvalue weighted by molar-refractivity contribution is 7.14. The number of nitrogens with one attached hydrogen (secondary N) is 2. The van der Waals surface area contributed by atoms with E-state index in [0.717, 1.165) is 5.56 Å². The van der Waals surface area contributed by atoms with Crippen LogP contribution >= 0.6 is 11.3 Å². The van der Waals surface area contributed by atoms with Crippen LogP contribution in [0.3, 0.4) is 0 Å². The zero-order chi connectivity index (χ0) is 23.1. The Hall–Kier alpha value is -3.92. The van der Waals surface area contributed by atoms with E-state index in [4.69, 9.17) is 10.1 Å². The average Bonchev–Trinajstić information content (AvgIpc) is 3.27. The quantitative estimate of drug-likeness (QED) is 0.213. The highest BCUT2D eigenvalue weighted by Gasteiger charge is 2.28. The van der Waals surface area contributed by atoms with E-state index in [1.807, 2.05) is 18.2 Å². The van der Waals surface area contributed by atoms with Gasteiger partial charge in [-0.1, -0.05) is 37.3 Å². The van der Waals surface area contributed by atoms with E-state index in [1.165, 1.54) is 23.5 Å². The summed E-state index contributed by atoms with van der Waals surface area (Å²) in [6.07, 6.45) is 0.242. The molecule has 0 spiro atoms. The zero-order valence-corrected chi connectivity index (χ0v) is 17.9. The molecule has 0 aliphatic heterocycles. The van der Waals surface area contributed by atoms with Crippen molar-refractivity contribution in [2.45, 2.75) is 20.0 Å². The molecule has 3 rings (SSSR count). The summed E-state index contributed by atoms with van der Waals surface area (Å²) in [7, 11) is 0. The zero-order valence-electron chi connectivity index (χ0n) is 17.1. The summed E-state index contributed by atoms with van der Waals surface area (Å²) in [5.41, 5.74) is 1.55. The van der Waals surface area contributed by atoms with Gasteiger partial charge in [0.15, 0.2) is 5.13 Å². The van der Waals surface area contributed by atoms with Crippen molar-refractivity contribution in [3.63, 3.8) is 0 Å². The van der Waals surface area contributed by atoms with Gasteiger partial charge in [0, 0.05) is 23.1 Å². The number of carbonyl (C=O) groups is 2. The van der Waals surface area contributed by atoms with Crippen LogP contribution in [0.25, 0.3) is 11.3 Å². The molecule has 0 aliphatic carbocycles. The fourth-order valence-corrected chi connectivity index (χ4v) is 3.60. The molecule has 2 aromatic carbocycles. The fraction of sp³-hybridized carbons (Fsp3) is 0.182. The Balaban J connectivity index is 1.61. The lowest BCUT2D eigenvalue weighted by atomic mass is 9.99. The molecule has 32 heavy (non-hydrogen) atoms. The van der Waals surface area contributed by atoms with E-state index >= 15 is 0 Å². The number of anilines is 1. The van der Waals surface area contributed by atoms with Crippen molar-refractivity contribution in [1.29, 1.82) is 5.41 Å². The summed E-state index contributed by atoms with van der Waals surface area (Å²) in [6.45, 7) is 1.72. The third kappa shape index (κ3) is 5.61. The third-order valence-electron chi connectivity index (χ3n) is 4.61. The van der Waals surface area contributed by atoms with Crippen LogP contribution in [0.5, 0.6) is 0 Å². The SMILES string of the molecule is CCC(C(=N)C(=O)OCc1ccccc1)C(=O)Nc1nc(-c2ccc([N+](=O)[O-])cc2)cs1. The predicted octanol–water partition coefficient (Wildman–Crippen LogP) is 4.45. The van der Waals surface area contributed by atoms with Gasteiger partial charge in [-0.25, -0.2) is 9.78 Å². The molecule has 1 aromatic heterocycles. The van der Waals surface area contributed by atoms with Crippen molar-refractivity contribution >= 4 is 39.7 Å². The minimum Gasteiger partial charge on any atom is -0.456 e. The Labute approximate surface area is 187 Å². The second-order valence-electron chi connectivity index (χ2n) is 6.77. The molecule has 0 saturated heterocycles. The van der Waals surface area contributed by atoms with Gasteiger partial charge in [-0.15, -0.1) is 11.3 Å². The normalized spacial score (nSPS) is 11.4. The number of non-ortho nitro benzene ring substituents is 1. The molecule has 0 fully saturated rings. The molecule has 1 unspecified atom stereocenters. The molecular weight excluding hydrogens is 432 g/mol. The molecule has 164 valence electrons. The molecule has 3 aromatic rings. The van der Waals surface area contributed by atoms with E-state index in [1.54, 1.807) is 36.6 Å². The standard InChI is InChI=1S/C22H20N4O5S/c1-2-17(19(23)21(28)31-12-14-6-4-3-5-7-14)20(27)25-22-24-18(13-32-22)15-8-10-16(11-9-15)26(29)30/h3-11,13,17,23H,2,12H2,1H3,(H,24,25,27). The Bertz CT molecular complexity index is 1130. The summed E-state index contributed by atoms with van der Waals surface area (Å²) in [5, 5.41) is 23.5. The van der Waals surface area contributed by atoms with Gasteiger partial charge in [0.25, 0.3) is 5.69 Å². The number of hydrogen-bond donors (Lipinski definition) is 2. The first-order valence-electron chi connectivity index (χ1n) is 9.69. The number of aromatic nitrogens is 1. The molecule has 9 nitrogen and oxygen atoms in total. The van der Waals surface area contributed by atoms with Crippen LogP contribution in [0.1, 0.15) is 18.9 Å². The van der Waals surface area contributed by atoms with Gasteiger partial charge in [-0.05, 0) is 24.1 Å². The van der Waals surface area contributed by atoms with Crippen LogP contribution in [-0.4, -0.2) is 27.5 Å². The number of benzene rings is 2. The van der Waals surface area contributed by atoms with E-state index in [0.29, 0.717) is 16.4 Å². The van der Waals surface area contributed by atoms with Crippen LogP contribution in [0.4, 0.5) is 10.8 Å². The Morgan fingerprint density at radius 2 is 1.88 bits per heavy atom. The third-order valence-corrected chi connectivity index (χ3v) is 5.37. The van der Waals surface area contributed by atoms with Crippen molar-refractivity contribution in [2.24, 2.45) is 5.92 Å². The van der Waals surface area contributed by atoms with E-state index < -0.39 is 28.4 Å². The topological polar surface area (TPSA) is 135 Å². The highest BCUT2D eigenvalue weighted by Crippen LogP contribution is 2.27. The van der Waals surface area contributed by atoms with Crippen molar-refractivity contribution in [2.75, 3.05) is 5.32 Å². The van der Waals surface area contributed by atoms with E-state index in [2.05, 4.69) is 10.3 Å². The summed E-state index contributed by atoms with van der Waals surface area (Å²) < 4.78 is 5.16. The summed E-state index contributed by atoms with van der Waals surface area (Å²) in [4.78, 5) is 39.5. The number of rotatable bonds is 9. The first-order valence-corrected chi connectivity index (χ1v) is 10.6. The molecule has 0 aliphatic rings. The molecule has 1 atom stereocenters. The smallest absolute Gasteiger partial charge is 0.353 e. The first-order chi connectivity index (χ1) is 15.4. The fourth-order valence-electron chi connectivity index (χ4n) is 2.87. The number of thiazole rings is 1. The second-order valence-corrected chi connectivity index (χ2v) is 7.63. The van der Waals surface area contributed by atoms with Crippen LogP contribution < -0.4 is 5.32 Å². The molecule has 0 saturated carbocycles. The van der Waals surface area contributed by atoms with Crippen LogP contribution in [0.15, 0.2) is 60.0 Å². The minimum absolute atomic E-state index is 0.0190.